The molecule has 1 unspecified atom stereocenters. The van der Waals surface area contributed by atoms with Gasteiger partial charge < -0.3 is 15.8 Å². The average molecular weight is 220 g/mol. The van der Waals surface area contributed by atoms with Crippen LogP contribution < -0.4 is 15.8 Å². The molecule has 0 spiro atoms. The van der Waals surface area contributed by atoms with E-state index in [0.717, 1.165) is 18.7 Å². The summed E-state index contributed by atoms with van der Waals surface area (Å²) in [5.41, 5.74) is 7.33. The van der Waals surface area contributed by atoms with Gasteiger partial charge in [0.2, 0.25) is 0 Å². The topological polar surface area (TPSA) is 47.3 Å². The minimum Gasteiger partial charge on any atom is -0.497 e. The van der Waals surface area contributed by atoms with Gasteiger partial charge in [-0.05, 0) is 43.5 Å². The van der Waals surface area contributed by atoms with Gasteiger partial charge in [-0.25, -0.2) is 0 Å². The quantitative estimate of drug-likeness (QED) is 0.804. The van der Waals surface area contributed by atoms with Crippen LogP contribution in [0.3, 0.4) is 0 Å². The van der Waals surface area contributed by atoms with Crippen molar-refractivity contribution >= 4 is 0 Å². The van der Waals surface area contributed by atoms with Crippen molar-refractivity contribution in [1.82, 2.24) is 5.32 Å². The van der Waals surface area contributed by atoms with Crippen LogP contribution in [0.25, 0.3) is 0 Å². The van der Waals surface area contributed by atoms with Crippen LogP contribution in [-0.4, -0.2) is 25.7 Å². The van der Waals surface area contributed by atoms with Crippen molar-refractivity contribution in [2.75, 3.05) is 20.2 Å². The molecule has 2 rings (SSSR count). The molecule has 0 saturated carbocycles. The molecule has 3 heteroatoms. The van der Waals surface area contributed by atoms with Crippen LogP contribution in [0, 0.1) is 0 Å². The lowest BCUT2D eigenvalue weighted by atomic mass is 9.89. The smallest absolute Gasteiger partial charge is 0.118 e. The molecule has 88 valence electrons. The van der Waals surface area contributed by atoms with Gasteiger partial charge in [0.05, 0.1) is 7.11 Å². The number of ether oxygens (including phenoxy) is 1. The number of rotatable bonds is 4. The summed E-state index contributed by atoms with van der Waals surface area (Å²) in [5.74, 6) is 0.907. The molecule has 3 N–H and O–H groups in total. The second-order valence-corrected chi connectivity index (χ2v) is 4.54. The lowest BCUT2D eigenvalue weighted by Crippen LogP contribution is -2.48. The molecule has 1 aliphatic rings. The van der Waals surface area contributed by atoms with Crippen LogP contribution in [0.2, 0.25) is 0 Å². The Labute approximate surface area is 97.0 Å². The molecular formula is C13H20N2O. The van der Waals surface area contributed by atoms with E-state index in [9.17, 15) is 0 Å². The number of benzene rings is 1. The Hall–Kier alpha value is -1.06. The van der Waals surface area contributed by atoms with Crippen LogP contribution in [-0.2, 0) is 6.42 Å². The Bertz CT molecular complexity index is 328. The third-order valence-electron chi connectivity index (χ3n) is 3.42. The molecule has 1 heterocycles. The maximum absolute atomic E-state index is 5.89. The van der Waals surface area contributed by atoms with Gasteiger partial charge in [0, 0.05) is 12.1 Å². The summed E-state index contributed by atoms with van der Waals surface area (Å²) in [6.07, 6.45) is 3.41. The Balaban J connectivity index is 2.07. The molecule has 1 aromatic rings. The third-order valence-corrected chi connectivity index (χ3v) is 3.42. The summed E-state index contributed by atoms with van der Waals surface area (Å²) in [5, 5.41) is 3.54. The van der Waals surface area contributed by atoms with E-state index in [1.807, 2.05) is 12.1 Å². The number of nitrogens with two attached hydrogens (primary N) is 1. The fourth-order valence-electron chi connectivity index (χ4n) is 2.40. The number of nitrogens with one attached hydrogen (secondary N) is 1. The maximum atomic E-state index is 5.89. The van der Waals surface area contributed by atoms with Crippen LogP contribution >= 0.6 is 0 Å². The highest BCUT2D eigenvalue weighted by Gasteiger charge is 2.31. The first kappa shape index (κ1) is 11.4. The lowest BCUT2D eigenvalue weighted by molar-refractivity contribution is 0.382. The first-order valence-corrected chi connectivity index (χ1v) is 5.86. The van der Waals surface area contributed by atoms with E-state index in [0.29, 0.717) is 6.54 Å². The molecule has 0 aliphatic carbocycles. The Morgan fingerprint density at radius 3 is 2.62 bits per heavy atom. The molecule has 16 heavy (non-hydrogen) atoms. The Kier molecular flexibility index (Phi) is 3.46. The van der Waals surface area contributed by atoms with E-state index in [1.165, 1.54) is 18.4 Å². The second kappa shape index (κ2) is 4.85. The van der Waals surface area contributed by atoms with E-state index in [-0.39, 0.29) is 5.54 Å². The van der Waals surface area contributed by atoms with Crippen LogP contribution in [0.15, 0.2) is 24.3 Å². The third kappa shape index (κ3) is 2.36. The van der Waals surface area contributed by atoms with E-state index < -0.39 is 0 Å². The zero-order chi connectivity index (χ0) is 11.4. The van der Waals surface area contributed by atoms with Crippen molar-refractivity contribution in [3.05, 3.63) is 29.8 Å². The summed E-state index contributed by atoms with van der Waals surface area (Å²) in [4.78, 5) is 0. The van der Waals surface area contributed by atoms with Gasteiger partial charge in [-0.2, -0.15) is 0 Å². The molecule has 3 nitrogen and oxygen atoms in total. The van der Waals surface area contributed by atoms with Gasteiger partial charge in [0.15, 0.2) is 0 Å². The maximum Gasteiger partial charge on any atom is 0.118 e. The van der Waals surface area contributed by atoms with Crippen molar-refractivity contribution in [3.8, 4) is 5.75 Å². The van der Waals surface area contributed by atoms with E-state index >= 15 is 0 Å². The molecule has 1 fully saturated rings. The van der Waals surface area contributed by atoms with Crippen molar-refractivity contribution in [2.24, 2.45) is 5.73 Å². The molecule has 1 saturated heterocycles. The lowest BCUT2D eigenvalue weighted by Gasteiger charge is -2.28. The van der Waals surface area contributed by atoms with Crippen LogP contribution in [0.1, 0.15) is 18.4 Å². The summed E-state index contributed by atoms with van der Waals surface area (Å²) < 4.78 is 5.15. The fraction of sp³-hybridized carbons (Fsp3) is 0.538. The number of hydrogen-bond donors (Lipinski definition) is 2. The monoisotopic (exact) mass is 220 g/mol. The predicted octanol–water partition coefficient (Wildman–Crippen LogP) is 1.32. The fourth-order valence-corrected chi connectivity index (χ4v) is 2.40. The summed E-state index contributed by atoms with van der Waals surface area (Å²) in [7, 11) is 1.69. The number of hydrogen-bond acceptors (Lipinski definition) is 3. The van der Waals surface area contributed by atoms with Gasteiger partial charge >= 0.3 is 0 Å². The average Bonchev–Trinajstić information content (AvgIpc) is 2.79. The largest absolute Gasteiger partial charge is 0.497 e. The molecule has 0 bridgehead atoms. The molecule has 1 atom stereocenters. The zero-order valence-electron chi connectivity index (χ0n) is 9.83. The van der Waals surface area contributed by atoms with Gasteiger partial charge in [-0.15, -0.1) is 0 Å². The van der Waals surface area contributed by atoms with Crippen molar-refractivity contribution < 1.29 is 4.74 Å². The van der Waals surface area contributed by atoms with Crippen molar-refractivity contribution in [3.63, 3.8) is 0 Å². The molecular weight excluding hydrogens is 200 g/mol. The first-order chi connectivity index (χ1) is 7.78. The standard InChI is InChI=1S/C13H20N2O/c1-16-12-5-3-11(4-6-12)9-13(10-14)7-2-8-15-13/h3-6,15H,2,7-10,14H2,1H3. The SMILES string of the molecule is COc1ccc(CC2(CN)CCCN2)cc1. The molecule has 0 radical (unpaired) electrons. The van der Waals surface area contributed by atoms with Crippen LogP contribution in [0.4, 0.5) is 0 Å². The molecule has 1 aromatic carbocycles. The van der Waals surface area contributed by atoms with Gasteiger partial charge in [-0.3, -0.25) is 0 Å². The Morgan fingerprint density at radius 1 is 1.38 bits per heavy atom. The van der Waals surface area contributed by atoms with Crippen molar-refractivity contribution in [1.29, 1.82) is 0 Å². The molecule has 0 aromatic heterocycles. The van der Waals surface area contributed by atoms with Gasteiger partial charge in [0.1, 0.15) is 5.75 Å². The first-order valence-electron chi connectivity index (χ1n) is 5.86. The van der Waals surface area contributed by atoms with E-state index in [2.05, 4.69) is 17.4 Å². The van der Waals surface area contributed by atoms with E-state index in [1.54, 1.807) is 7.11 Å². The Morgan fingerprint density at radius 2 is 2.12 bits per heavy atom. The summed E-state index contributed by atoms with van der Waals surface area (Å²) in [6.45, 7) is 1.80. The highest BCUT2D eigenvalue weighted by molar-refractivity contribution is 5.28. The highest BCUT2D eigenvalue weighted by atomic mass is 16.5. The predicted molar refractivity (Wildman–Crippen MR) is 65.7 cm³/mol. The summed E-state index contributed by atoms with van der Waals surface area (Å²) >= 11 is 0. The van der Waals surface area contributed by atoms with Gasteiger partial charge in [0.25, 0.3) is 0 Å². The normalized spacial score (nSPS) is 24.6. The molecule has 0 amide bonds. The minimum atomic E-state index is 0.120. The van der Waals surface area contributed by atoms with E-state index in [4.69, 9.17) is 10.5 Å². The zero-order valence-corrected chi connectivity index (χ0v) is 9.83. The minimum absolute atomic E-state index is 0.120. The number of methoxy groups -OCH3 is 1. The van der Waals surface area contributed by atoms with Gasteiger partial charge in [-0.1, -0.05) is 12.1 Å². The van der Waals surface area contributed by atoms with Crippen molar-refractivity contribution in [2.45, 2.75) is 24.8 Å². The summed E-state index contributed by atoms with van der Waals surface area (Å²) in [6, 6.07) is 8.26. The second-order valence-electron chi connectivity index (χ2n) is 4.54. The van der Waals surface area contributed by atoms with Crippen LogP contribution in [0.5, 0.6) is 5.75 Å². The highest BCUT2D eigenvalue weighted by Crippen LogP contribution is 2.24. The molecule has 1 aliphatic heterocycles.